The van der Waals surface area contributed by atoms with Crippen molar-refractivity contribution < 1.29 is 29.0 Å². The summed E-state index contributed by atoms with van der Waals surface area (Å²) >= 11 is 0. The van der Waals surface area contributed by atoms with Gasteiger partial charge in [-0.05, 0) is 61.0 Å². The molecule has 4 heterocycles. The Balaban J connectivity index is 1.42. The number of anilines is 1. The third-order valence-corrected chi connectivity index (χ3v) is 12.5. The lowest BCUT2D eigenvalue weighted by Gasteiger charge is -2.37. The van der Waals surface area contributed by atoms with Crippen molar-refractivity contribution in [2.75, 3.05) is 25.2 Å². The van der Waals surface area contributed by atoms with E-state index < -0.39 is 31.5 Å². The number of carbonyl (C=O) groups is 2. The molecule has 0 unspecified atom stereocenters. The van der Waals surface area contributed by atoms with Gasteiger partial charge in [0.2, 0.25) is 5.91 Å². The lowest BCUT2D eigenvalue weighted by Crippen LogP contribution is -2.48. The summed E-state index contributed by atoms with van der Waals surface area (Å²) < 4.78 is 13.6. The van der Waals surface area contributed by atoms with Crippen molar-refractivity contribution in [3.05, 3.63) is 100 Å². The van der Waals surface area contributed by atoms with Crippen LogP contribution in [0.25, 0.3) is 5.69 Å². The first-order valence-electron chi connectivity index (χ1n) is 15.7. The van der Waals surface area contributed by atoms with E-state index in [-0.39, 0.29) is 48.7 Å². The summed E-state index contributed by atoms with van der Waals surface area (Å²) in [7, 11) is -1.60. The van der Waals surface area contributed by atoms with Crippen LogP contribution in [0.4, 0.5) is 5.69 Å². The van der Waals surface area contributed by atoms with Gasteiger partial charge in [-0.3, -0.25) is 19.0 Å². The number of aliphatic hydroxyl groups is 1. The number of amides is 2. The van der Waals surface area contributed by atoms with Crippen molar-refractivity contribution in [1.29, 1.82) is 0 Å². The van der Waals surface area contributed by atoms with Crippen molar-refractivity contribution in [2.45, 2.75) is 62.7 Å². The predicted molar refractivity (Wildman–Crippen MR) is 176 cm³/mol. The molecule has 1 spiro atoms. The summed E-state index contributed by atoms with van der Waals surface area (Å²) in [6.07, 6.45) is 3.02. The molecule has 5 atom stereocenters. The van der Waals surface area contributed by atoms with Crippen LogP contribution in [0.15, 0.2) is 78.2 Å². The van der Waals surface area contributed by atoms with Crippen LogP contribution in [-0.2, 0) is 32.9 Å². The van der Waals surface area contributed by atoms with Gasteiger partial charge >= 0.3 is 0 Å². The molecule has 2 N–H and O–H groups in total. The molecule has 0 radical (unpaired) electrons. The normalized spacial score (nSPS) is 25.5. The van der Waals surface area contributed by atoms with E-state index in [9.17, 15) is 24.3 Å². The summed E-state index contributed by atoms with van der Waals surface area (Å²) in [5, 5.41) is 10.2. The highest BCUT2D eigenvalue weighted by atomic mass is 28.4. The first-order valence-corrected chi connectivity index (χ1v) is 18.7. The van der Waals surface area contributed by atoms with Gasteiger partial charge in [0.05, 0.1) is 38.0 Å². The van der Waals surface area contributed by atoms with E-state index in [1.54, 1.807) is 52.4 Å². The number of carbonyl (C=O) groups excluding carboxylic acids is 2. The molecule has 242 valence electrons. The van der Waals surface area contributed by atoms with Gasteiger partial charge in [0.1, 0.15) is 0 Å². The average Bonchev–Trinajstić information content (AvgIpc) is 3.46. The first kappa shape index (κ1) is 31.9. The predicted octanol–water partition coefficient (Wildman–Crippen LogP) is 3.51. The molecule has 3 aliphatic rings. The Kier molecular flexibility index (Phi) is 8.30. The van der Waals surface area contributed by atoms with Crippen LogP contribution in [0.2, 0.25) is 18.6 Å². The zero-order valence-corrected chi connectivity index (χ0v) is 27.7. The maximum atomic E-state index is 14.5. The van der Waals surface area contributed by atoms with Crippen LogP contribution in [0.5, 0.6) is 5.75 Å². The molecular formula is C35H41N3O7Si. The van der Waals surface area contributed by atoms with Crippen molar-refractivity contribution in [1.82, 2.24) is 9.47 Å². The number of ether oxygens (including phenoxy) is 2. The fourth-order valence-electron chi connectivity index (χ4n) is 7.89. The molecule has 6 rings (SSSR count). The van der Waals surface area contributed by atoms with E-state index in [4.69, 9.17) is 9.47 Å². The van der Waals surface area contributed by atoms with Crippen LogP contribution in [0.3, 0.4) is 0 Å². The summed E-state index contributed by atoms with van der Waals surface area (Å²) in [5.74, 6) is -0.800. The summed E-state index contributed by atoms with van der Waals surface area (Å²) in [5.41, 5.74) is 1.57. The minimum Gasteiger partial charge on any atom is -0.491 e. The second kappa shape index (κ2) is 12.0. The third-order valence-electron chi connectivity index (χ3n) is 9.95. The summed E-state index contributed by atoms with van der Waals surface area (Å²) in [6, 6.07) is 16.2. The standard InChI is InChI=1S/C35H41N3O7Si/c1-6-15-37-28-14-13-25(36-16-9-12-29(44-3)33(36)41)18-27(28)35(34(37)42)22(2)32(46(4,5)43)30(45-35)19-31(40)38-20-24-11-8-7-10-23(24)17-26(38)21-39/h6-14,16,18,22,26,30,32,39,43H,1,15,17,19-21H2,2-5H3/t22-,26+,30+,32-,35+/m1/s1. The number of aromatic nitrogens is 1. The maximum Gasteiger partial charge on any atom is 0.297 e. The fraction of sp³-hybridized carbons (Fsp3) is 0.400. The Labute approximate surface area is 269 Å². The van der Waals surface area contributed by atoms with Crippen molar-refractivity contribution >= 4 is 25.8 Å². The maximum absolute atomic E-state index is 14.5. The van der Waals surface area contributed by atoms with E-state index >= 15 is 0 Å². The molecule has 3 aromatic rings. The number of benzene rings is 2. The lowest BCUT2D eigenvalue weighted by atomic mass is 9.82. The molecule has 10 nitrogen and oxygen atoms in total. The number of rotatable bonds is 8. The molecular weight excluding hydrogens is 602 g/mol. The number of aliphatic hydroxyl groups excluding tert-OH is 1. The quantitative estimate of drug-likeness (QED) is 0.285. The highest BCUT2D eigenvalue weighted by molar-refractivity contribution is 6.71. The van der Waals surface area contributed by atoms with E-state index in [1.165, 1.54) is 11.7 Å². The summed E-state index contributed by atoms with van der Waals surface area (Å²) in [4.78, 5) is 56.7. The number of pyridine rings is 1. The van der Waals surface area contributed by atoms with Crippen LogP contribution >= 0.6 is 0 Å². The van der Waals surface area contributed by atoms with Gasteiger partial charge in [0.25, 0.3) is 11.5 Å². The molecule has 1 fully saturated rings. The molecule has 1 saturated heterocycles. The van der Waals surface area contributed by atoms with Gasteiger partial charge < -0.3 is 29.2 Å². The molecule has 2 aromatic carbocycles. The lowest BCUT2D eigenvalue weighted by molar-refractivity contribution is -0.150. The Morgan fingerprint density at radius 3 is 2.57 bits per heavy atom. The summed E-state index contributed by atoms with van der Waals surface area (Å²) in [6.45, 7) is 9.83. The molecule has 0 aliphatic carbocycles. The Hall–Kier alpha value is -4.03. The SMILES string of the molecule is C=CCN1C(=O)[C@@]2(O[C@@H](CC(=O)N3Cc4ccccc4C[C@H]3CO)[C@H]([Si](C)(C)O)[C@H]2C)c2cc(-n3cccc(OC)c3=O)ccc21. The molecule has 11 heteroatoms. The number of fused-ring (bicyclic) bond motifs is 3. The number of nitrogens with zero attached hydrogens (tertiary/aromatic N) is 3. The van der Waals surface area contributed by atoms with Crippen molar-refractivity contribution in [3.63, 3.8) is 0 Å². The van der Waals surface area contributed by atoms with Gasteiger partial charge in [0.15, 0.2) is 19.7 Å². The number of methoxy groups -OCH3 is 1. The molecule has 46 heavy (non-hydrogen) atoms. The van der Waals surface area contributed by atoms with Gasteiger partial charge in [-0.2, -0.15) is 0 Å². The Bertz CT molecular complexity index is 1750. The van der Waals surface area contributed by atoms with Crippen molar-refractivity contribution in [2.24, 2.45) is 5.92 Å². The molecule has 0 bridgehead atoms. The second-order valence-electron chi connectivity index (χ2n) is 13.1. The molecule has 1 aromatic heterocycles. The van der Waals surface area contributed by atoms with Gasteiger partial charge in [0, 0.05) is 42.0 Å². The van der Waals surface area contributed by atoms with Crippen LogP contribution < -0.4 is 15.2 Å². The van der Waals surface area contributed by atoms with E-state index in [1.807, 2.05) is 44.3 Å². The minimum absolute atomic E-state index is 0.0501. The average molecular weight is 644 g/mol. The highest BCUT2D eigenvalue weighted by Gasteiger charge is 2.66. The van der Waals surface area contributed by atoms with Crippen LogP contribution in [0.1, 0.15) is 30.0 Å². The third kappa shape index (κ3) is 5.02. The zero-order chi connectivity index (χ0) is 33.0. The number of hydrogen-bond acceptors (Lipinski definition) is 7. The van der Waals surface area contributed by atoms with Gasteiger partial charge in [-0.25, -0.2) is 0 Å². The van der Waals surface area contributed by atoms with Crippen LogP contribution in [-0.4, -0.2) is 71.9 Å². The zero-order valence-electron chi connectivity index (χ0n) is 26.7. The smallest absolute Gasteiger partial charge is 0.297 e. The highest BCUT2D eigenvalue weighted by Crippen LogP contribution is 2.60. The van der Waals surface area contributed by atoms with Gasteiger partial charge in [-0.1, -0.05) is 37.3 Å². The van der Waals surface area contributed by atoms with Crippen molar-refractivity contribution in [3.8, 4) is 11.4 Å². The minimum atomic E-state index is -3.04. The second-order valence-corrected chi connectivity index (χ2v) is 17.0. The van der Waals surface area contributed by atoms with Crippen LogP contribution in [0, 0.1) is 5.92 Å². The Morgan fingerprint density at radius 2 is 1.89 bits per heavy atom. The Morgan fingerprint density at radius 1 is 1.15 bits per heavy atom. The first-order chi connectivity index (χ1) is 22.0. The van der Waals surface area contributed by atoms with Gasteiger partial charge in [-0.15, -0.1) is 6.58 Å². The van der Waals surface area contributed by atoms with E-state index in [0.29, 0.717) is 29.9 Å². The fourth-order valence-corrected chi connectivity index (χ4v) is 10.4. The largest absolute Gasteiger partial charge is 0.491 e. The monoisotopic (exact) mass is 643 g/mol. The molecule has 3 aliphatic heterocycles. The van der Waals surface area contributed by atoms with E-state index in [2.05, 4.69) is 6.58 Å². The topological polar surface area (TPSA) is 122 Å². The molecule has 0 saturated carbocycles. The number of hydrogen-bond donors (Lipinski definition) is 2. The molecule has 2 amide bonds. The van der Waals surface area contributed by atoms with E-state index in [0.717, 1.165) is 11.1 Å².